The minimum Gasteiger partial charge on any atom is -0.388 e. The third-order valence-electron chi connectivity index (χ3n) is 3.65. The van der Waals surface area contributed by atoms with Gasteiger partial charge in [-0.15, -0.1) is 0 Å². The van der Waals surface area contributed by atoms with Gasteiger partial charge in [0, 0.05) is 5.92 Å². The first kappa shape index (κ1) is 15.2. The molecule has 102 valence electrons. The van der Waals surface area contributed by atoms with Crippen LogP contribution >= 0.6 is 0 Å². The Bertz CT molecular complexity index is 362. The molecule has 0 saturated heterocycles. The van der Waals surface area contributed by atoms with Crippen LogP contribution in [0, 0.1) is 11.8 Å². The van der Waals surface area contributed by atoms with E-state index in [1.54, 1.807) is 0 Å². The Morgan fingerprint density at radius 1 is 1.11 bits per heavy atom. The van der Waals surface area contributed by atoms with Gasteiger partial charge in [-0.1, -0.05) is 58.9 Å². The third kappa shape index (κ3) is 3.56. The number of rotatable bonds is 4. The molecule has 2 nitrogen and oxygen atoms in total. The van der Waals surface area contributed by atoms with E-state index in [1.807, 2.05) is 12.1 Å². The molecule has 2 atom stereocenters. The molecule has 1 rings (SSSR count). The van der Waals surface area contributed by atoms with Crippen LogP contribution in [0.25, 0.3) is 0 Å². The molecule has 1 aromatic carbocycles. The average Bonchev–Trinajstić information content (AvgIpc) is 2.28. The van der Waals surface area contributed by atoms with E-state index >= 15 is 0 Å². The summed E-state index contributed by atoms with van der Waals surface area (Å²) in [6.07, 6.45) is -0.469. The standard InChI is InChI=1S/C16H27NO/c1-11(2)14(10-17)15(18)12-6-8-13(9-7-12)16(3,4)5/h6-9,11,14-15,18H,10,17H2,1-5H3. The lowest BCUT2D eigenvalue weighted by atomic mass is 9.83. The Hall–Kier alpha value is -0.860. The van der Waals surface area contributed by atoms with Crippen molar-refractivity contribution in [2.24, 2.45) is 17.6 Å². The molecule has 0 aliphatic rings. The van der Waals surface area contributed by atoms with Crippen molar-refractivity contribution in [2.75, 3.05) is 6.54 Å². The van der Waals surface area contributed by atoms with E-state index in [-0.39, 0.29) is 11.3 Å². The van der Waals surface area contributed by atoms with Gasteiger partial charge in [0.15, 0.2) is 0 Å². The minimum atomic E-state index is -0.469. The quantitative estimate of drug-likeness (QED) is 0.860. The van der Waals surface area contributed by atoms with Gasteiger partial charge in [0.2, 0.25) is 0 Å². The van der Waals surface area contributed by atoms with Crippen molar-refractivity contribution in [3.63, 3.8) is 0 Å². The zero-order valence-electron chi connectivity index (χ0n) is 12.3. The van der Waals surface area contributed by atoms with Crippen LogP contribution in [0.1, 0.15) is 51.8 Å². The summed E-state index contributed by atoms with van der Waals surface area (Å²) >= 11 is 0. The van der Waals surface area contributed by atoms with Crippen LogP contribution < -0.4 is 5.73 Å². The Morgan fingerprint density at radius 2 is 1.61 bits per heavy atom. The number of aliphatic hydroxyl groups is 1. The second-order valence-electron chi connectivity index (χ2n) is 6.46. The molecule has 0 radical (unpaired) electrons. The van der Waals surface area contributed by atoms with Crippen molar-refractivity contribution in [1.29, 1.82) is 0 Å². The molecule has 18 heavy (non-hydrogen) atoms. The van der Waals surface area contributed by atoms with Gasteiger partial charge < -0.3 is 10.8 Å². The summed E-state index contributed by atoms with van der Waals surface area (Å²) < 4.78 is 0. The number of hydrogen-bond acceptors (Lipinski definition) is 2. The highest BCUT2D eigenvalue weighted by atomic mass is 16.3. The van der Waals surface area contributed by atoms with Crippen molar-refractivity contribution >= 4 is 0 Å². The third-order valence-corrected chi connectivity index (χ3v) is 3.65. The van der Waals surface area contributed by atoms with Gasteiger partial charge >= 0.3 is 0 Å². The smallest absolute Gasteiger partial charge is 0.0832 e. The lowest BCUT2D eigenvalue weighted by molar-refractivity contribution is 0.0861. The molecule has 0 heterocycles. The number of benzene rings is 1. The van der Waals surface area contributed by atoms with Crippen molar-refractivity contribution in [1.82, 2.24) is 0 Å². The van der Waals surface area contributed by atoms with Crippen LogP contribution in [0.4, 0.5) is 0 Å². The molecule has 3 N–H and O–H groups in total. The summed E-state index contributed by atoms with van der Waals surface area (Å²) in [7, 11) is 0. The maximum absolute atomic E-state index is 10.4. The predicted molar refractivity (Wildman–Crippen MR) is 77.5 cm³/mol. The second-order valence-corrected chi connectivity index (χ2v) is 6.46. The monoisotopic (exact) mass is 249 g/mol. The molecule has 1 aromatic rings. The van der Waals surface area contributed by atoms with Gasteiger partial charge in [-0.2, -0.15) is 0 Å². The summed E-state index contributed by atoms with van der Waals surface area (Å²) in [6, 6.07) is 8.26. The number of nitrogens with two attached hydrogens (primary N) is 1. The first-order valence-corrected chi connectivity index (χ1v) is 6.76. The molecule has 0 aliphatic carbocycles. The number of aliphatic hydroxyl groups excluding tert-OH is 1. The molecular formula is C16H27NO. The largest absolute Gasteiger partial charge is 0.388 e. The van der Waals surface area contributed by atoms with Crippen LogP contribution in [0.2, 0.25) is 0 Å². The molecule has 0 spiro atoms. The topological polar surface area (TPSA) is 46.2 Å². The number of hydrogen-bond donors (Lipinski definition) is 2. The van der Waals surface area contributed by atoms with E-state index in [2.05, 4.69) is 46.8 Å². The van der Waals surface area contributed by atoms with Crippen molar-refractivity contribution in [3.05, 3.63) is 35.4 Å². The minimum absolute atomic E-state index is 0.116. The van der Waals surface area contributed by atoms with Crippen LogP contribution in [0.3, 0.4) is 0 Å². The predicted octanol–water partition coefficient (Wildman–Crippen LogP) is 3.25. The SMILES string of the molecule is CC(C)C(CN)C(O)c1ccc(C(C)(C)C)cc1. The first-order chi connectivity index (χ1) is 8.27. The van der Waals surface area contributed by atoms with Crippen molar-refractivity contribution < 1.29 is 5.11 Å². The van der Waals surface area contributed by atoms with Crippen LogP contribution in [-0.4, -0.2) is 11.7 Å². The maximum atomic E-state index is 10.4. The molecule has 0 fully saturated rings. The van der Waals surface area contributed by atoms with Gasteiger partial charge in [0.25, 0.3) is 0 Å². The highest BCUT2D eigenvalue weighted by Gasteiger charge is 2.23. The second kappa shape index (κ2) is 5.85. The molecule has 2 heteroatoms. The molecule has 0 aromatic heterocycles. The Balaban J connectivity index is 2.91. The van der Waals surface area contributed by atoms with Crippen molar-refractivity contribution in [2.45, 2.75) is 46.1 Å². The van der Waals surface area contributed by atoms with E-state index in [4.69, 9.17) is 5.73 Å². The normalized spacial score (nSPS) is 15.8. The van der Waals surface area contributed by atoms with Crippen molar-refractivity contribution in [3.8, 4) is 0 Å². The molecular weight excluding hydrogens is 222 g/mol. The summed E-state index contributed by atoms with van der Waals surface area (Å²) in [5, 5.41) is 10.4. The summed E-state index contributed by atoms with van der Waals surface area (Å²) in [4.78, 5) is 0. The summed E-state index contributed by atoms with van der Waals surface area (Å²) in [5.41, 5.74) is 8.15. The van der Waals surface area contributed by atoms with Gasteiger partial charge in [0.1, 0.15) is 0 Å². The Morgan fingerprint density at radius 3 is 1.94 bits per heavy atom. The Labute approximate surface area is 111 Å². The van der Waals surface area contributed by atoms with E-state index in [0.29, 0.717) is 12.5 Å². The van der Waals surface area contributed by atoms with Crippen LogP contribution in [0.5, 0.6) is 0 Å². The molecule has 0 saturated carbocycles. The first-order valence-electron chi connectivity index (χ1n) is 6.76. The van der Waals surface area contributed by atoms with E-state index < -0.39 is 6.10 Å². The van der Waals surface area contributed by atoms with E-state index in [9.17, 15) is 5.11 Å². The van der Waals surface area contributed by atoms with Crippen LogP contribution in [-0.2, 0) is 5.41 Å². The molecule has 2 unspecified atom stereocenters. The fourth-order valence-corrected chi connectivity index (χ4v) is 2.19. The maximum Gasteiger partial charge on any atom is 0.0832 e. The lowest BCUT2D eigenvalue weighted by Crippen LogP contribution is -2.26. The lowest BCUT2D eigenvalue weighted by Gasteiger charge is -2.26. The average molecular weight is 249 g/mol. The van der Waals surface area contributed by atoms with Gasteiger partial charge in [0.05, 0.1) is 6.10 Å². The zero-order valence-corrected chi connectivity index (χ0v) is 12.3. The van der Waals surface area contributed by atoms with E-state index in [0.717, 1.165) is 5.56 Å². The van der Waals surface area contributed by atoms with E-state index in [1.165, 1.54) is 5.56 Å². The fraction of sp³-hybridized carbons (Fsp3) is 0.625. The highest BCUT2D eigenvalue weighted by molar-refractivity contribution is 5.29. The summed E-state index contributed by atoms with van der Waals surface area (Å²) in [5.74, 6) is 0.498. The Kier molecular flexibility index (Phi) is 4.94. The summed E-state index contributed by atoms with van der Waals surface area (Å²) in [6.45, 7) is 11.3. The zero-order chi connectivity index (χ0) is 13.9. The van der Waals surface area contributed by atoms with Gasteiger partial charge in [-0.3, -0.25) is 0 Å². The highest BCUT2D eigenvalue weighted by Crippen LogP contribution is 2.29. The van der Waals surface area contributed by atoms with Gasteiger partial charge in [-0.05, 0) is 29.0 Å². The van der Waals surface area contributed by atoms with Crippen LogP contribution in [0.15, 0.2) is 24.3 Å². The molecule has 0 amide bonds. The fourth-order valence-electron chi connectivity index (χ4n) is 2.19. The van der Waals surface area contributed by atoms with Gasteiger partial charge in [-0.25, -0.2) is 0 Å². The molecule has 0 aliphatic heterocycles. The molecule has 0 bridgehead atoms.